The fraction of sp³-hybridized carbons (Fsp3) is 0.714. The van der Waals surface area contributed by atoms with Crippen LogP contribution in [0, 0.1) is 0 Å². The van der Waals surface area contributed by atoms with Gasteiger partial charge in [0, 0.05) is 6.42 Å². The van der Waals surface area contributed by atoms with Crippen molar-refractivity contribution in [2.75, 3.05) is 6.61 Å². The van der Waals surface area contributed by atoms with Crippen LogP contribution in [-0.4, -0.2) is 6.61 Å². The molecule has 0 radical (unpaired) electrons. The summed E-state index contributed by atoms with van der Waals surface area (Å²) in [6, 6.07) is 9.11. The van der Waals surface area contributed by atoms with Crippen LogP contribution in [0.4, 0.5) is 0 Å². The van der Waals surface area contributed by atoms with E-state index in [1.165, 1.54) is 88.2 Å². The quantitative estimate of drug-likeness (QED) is 0.395. The van der Waals surface area contributed by atoms with Gasteiger partial charge in [-0.2, -0.15) is 0 Å². The van der Waals surface area contributed by atoms with E-state index in [0.29, 0.717) is 6.10 Å². The average Bonchev–Trinajstić information content (AvgIpc) is 2.49. The first-order chi connectivity index (χ1) is 10.9. The number of unbranched alkanes of at least 4 members (excludes halogenated alkanes) is 9. The van der Waals surface area contributed by atoms with Gasteiger partial charge in [0.15, 0.2) is 0 Å². The van der Waals surface area contributed by atoms with Crippen LogP contribution >= 0.6 is 0 Å². The van der Waals surface area contributed by atoms with Crippen LogP contribution in [0.3, 0.4) is 0 Å². The number of rotatable bonds is 12. The summed E-state index contributed by atoms with van der Waals surface area (Å²) in [6.07, 6.45) is 17.0. The first-order valence-corrected chi connectivity index (χ1v) is 9.60. The summed E-state index contributed by atoms with van der Waals surface area (Å²) in [7, 11) is 0. The van der Waals surface area contributed by atoms with Gasteiger partial charge in [0.1, 0.15) is 0 Å². The lowest BCUT2D eigenvalue weighted by atomic mass is 9.99. The molecule has 124 valence electrons. The number of hydrogen-bond acceptors (Lipinski definition) is 1. The highest BCUT2D eigenvalue weighted by Crippen LogP contribution is 2.29. The molecule has 1 nitrogen and oxygen atoms in total. The van der Waals surface area contributed by atoms with Crippen molar-refractivity contribution in [3.8, 4) is 0 Å². The topological polar surface area (TPSA) is 9.23 Å². The number of aryl methyl sites for hydroxylation is 1. The summed E-state index contributed by atoms with van der Waals surface area (Å²) in [5.74, 6) is 0. The van der Waals surface area contributed by atoms with Crippen molar-refractivity contribution in [2.45, 2.75) is 90.1 Å². The van der Waals surface area contributed by atoms with Gasteiger partial charge in [-0.25, -0.2) is 0 Å². The van der Waals surface area contributed by atoms with Gasteiger partial charge in [0.25, 0.3) is 0 Å². The molecule has 0 aromatic heterocycles. The van der Waals surface area contributed by atoms with E-state index in [4.69, 9.17) is 4.74 Å². The van der Waals surface area contributed by atoms with Crippen molar-refractivity contribution >= 4 is 0 Å². The molecular weight excluding hydrogens is 268 g/mol. The van der Waals surface area contributed by atoms with Crippen LogP contribution in [0.1, 0.15) is 94.8 Å². The molecule has 0 spiro atoms. The standard InChI is InChI=1S/C21H34O/c1-2-3-4-5-6-7-8-9-10-11-12-19-13-15-20(16-14-19)21-17-18-22-21/h13-16,21H,2-12,17-18H2,1H3. The zero-order chi connectivity index (χ0) is 15.5. The highest BCUT2D eigenvalue weighted by Gasteiger charge is 2.19. The smallest absolute Gasteiger partial charge is 0.0846 e. The molecule has 1 unspecified atom stereocenters. The Labute approximate surface area is 137 Å². The van der Waals surface area contributed by atoms with Crippen LogP contribution in [0.25, 0.3) is 0 Å². The van der Waals surface area contributed by atoms with E-state index < -0.39 is 0 Å². The third kappa shape index (κ3) is 6.52. The zero-order valence-electron chi connectivity index (χ0n) is 14.5. The summed E-state index contributed by atoms with van der Waals surface area (Å²) in [5, 5.41) is 0. The third-order valence-corrected chi connectivity index (χ3v) is 4.87. The fourth-order valence-corrected chi connectivity index (χ4v) is 3.21. The molecular formula is C21H34O. The van der Waals surface area contributed by atoms with Crippen LogP contribution in [-0.2, 0) is 11.2 Å². The lowest BCUT2D eigenvalue weighted by molar-refractivity contribution is -0.0527. The maximum Gasteiger partial charge on any atom is 0.0846 e. The Bertz CT molecular complexity index is 377. The van der Waals surface area contributed by atoms with E-state index in [0.717, 1.165) is 6.61 Å². The molecule has 1 saturated heterocycles. The number of benzene rings is 1. The predicted octanol–water partition coefficient (Wildman–Crippen LogP) is 6.61. The zero-order valence-corrected chi connectivity index (χ0v) is 14.5. The second kappa shape index (κ2) is 10.8. The minimum atomic E-state index is 0.381. The van der Waals surface area contributed by atoms with Gasteiger partial charge in [0.05, 0.1) is 12.7 Å². The van der Waals surface area contributed by atoms with E-state index in [1.54, 1.807) is 0 Å². The summed E-state index contributed by atoms with van der Waals surface area (Å²) >= 11 is 0. The first kappa shape index (κ1) is 17.5. The number of hydrogen-bond donors (Lipinski definition) is 0. The normalized spacial score (nSPS) is 17.4. The lowest BCUT2D eigenvalue weighted by Crippen LogP contribution is -2.17. The van der Waals surface area contributed by atoms with Gasteiger partial charge in [-0.3, -0.25) is 0 Å². The Morgan fingerprint density at radius 1 is 0.818 bits per heavy atom. The molecule has 1 aliphatic heterocycles. The average molecular weight is 303 g/mol. The Morgan fingerprint density at radius 2 is 1.36 bits per heavy atom. The van der Waals surface area contributed by atoms with Gasteiger partial charge in [0.2, 0.25) is 0 Å². The first-order valence-electron chi connectivity index (χ1n) is 9.60. The van der Waals surface area contributed by atoms with Crippen LogP contribution < -0.4 is 0 Å². The molecule has 1 aliphatic rings. The SMILES string of the molecule is CCCCCCCCCCCCc1ccc(C2CCO2)cc1. The largest absolute Gasteiger partial charge is 0.373 e. The van der Waals surface area contributed by atoms with Crippen molar-refractivity contribution in [1.82, 2.24) is 0 Å². The molecule has 22 heavy (non-hydrogen) atoms. The van der Waals surface area contributed by atoms with Crippen molar-refractivity contribution < 1.29 is 4.74 Å². The third-order valence-electron chi connectivity index (χ3n) is 4.87. The van der Waals surface area contributed by atoms with Crippen LogP contribution in [0.2, 0.25) is 0 Å². The minimum absolute atomic E-state index is 0.381. The molecule has 0 amide bonds. The molecule has 2 rings (SSSR count). The Morgan fingerprint density at radius 3 is 1.86 bits per heavy atom. The Kier molecular flexibility index (Phi) is 8.63. The van der Waals surface area contributed by atoms with E-state index in [9.17, 15) is 0 Å². The molecule has 1 fully saturated rings. The molecule has 1 aromatic carbocycles. The van der Waals surface area contributed by atoms with Crippen molar-refractivity contribution in [1.29, 1.82) is 0 Å². The second-order valence-corrected chi connectivity index (χ2v) is 6.82. The molecule has 1 heteroatoms. The molecule has 0 saturated carbocycles. The summed E-state index contributed by atoms with van der Waals surface area (Å²) in [6.45, 7) is 3.22. The van der Waals surface area contributed by atoms with Crippen molar-refractivity contribution in [2.24, 2.45) is 0 Å². The molecule has 1 heterocycles. The van der Waals surface area contributed by atoms with E-state index in [1.807, 2.05) is 0 Å². The Balaban J connectivity index is 1.45. The van der Waals surface area contributed by atoms with Crippen LogP contribution in [0.15, 0.2) is 24.3 Å². The van der Waals surface area contributed by atoms with Gasteiger partial charge in [-0.1, -0.05) is 89.0 Å². The molecule has 0 N–H and O–H groups in total. The van der Waals surface area contributed by atoms with Gasteiger partial charge >= 0.3 is 0 Å². The molecule has 0 bridgehead atoms. The molecule has 0 aliphatic carbocycles. The summed E-state index contributed by atoms with van der Waals surface area (Å²) in [4.78, 5) is 0. The van der Waals surface area contributed by atoms with Gasteiger partial charge < -0.3 is 4.74 Å². The minimum Gasteiger partial charge on any atom is -0.373 e. The van der Waals surface area contributed by atoms with E-state index >= 15 is 0 Å². The fourth-order valence-electron chi connectivity index (χ4n) is 3.21. The van der Waals surface area contributed by atoms with Crippen molar-refractivity contribution in [3.63, 3.8) is 0 Å². The highest BCUT2D eigenvalue weighted by molar-refractivity contribution is 5.25. The maximum absolute atomic E-state index is 5.52. The second-order valence-electron chi connectivity index (χ2n) is 6.82. The van der Waals surface area contributed by atoms with Crippen LogP contribution in [0.5, 0.6) is 0 Å². The monoisotopic (exact) mass is 302 g/mol. The lowest BCUT2D eigenvalue weighted by Gasteiger charge is -2.26. The summed E-state index contributed by atoms with van der Waals surface area (Å²) in [5.41, 5.74) is 2.85. The number of ether oxygens (including phenoxy) is 1. The highest BCUT2D eigenvalue weighted by atomic mass is 16.5. The summed E-state index contributed by atoms with van der Waals surface area (Å²) < 4.78 is 5.52. The maximum atomic E-state index is 5.52. The van der Waals surface area contributed by atoms with E-state index in [-0.39, 0.29) is 0 Å². The van der Waals surface area contributed by atoms with Gasteiger partial charge in [-0.05, 0) is 24.0 Å². The molecule has 1 aromatic rings. The van der Waals surface area contributed by atoms with Gasteiger partial charge in [-0.15, -0.1) is 0 Å². The van der Waals surface area contributed by atoms with E-state index in [2.05, 4.69) is 31.2 Å². The van der Waals surface area contributed by atoms with Crippen molar-refractivity contribution in [3.05, 3.63) is 35.4 Å². The predicted molar refractivity (Wildman–Crippen MR) is 95.3 cm³/mol. The molecule has 1 atom stereocenters. The Hall–Kier alpha value is -0.820.